The summed E-state index contributed by atoms with van der Waals surface area (Å²) in [4.78, 5) is 12.2. The minimum atomic E-state index is -0.139. The van der Waals surface area contributed by atoms with E-state index in [2.05, 4.69) is 15.5 Å². The van der Waals surface area contributed by atoms with Gasteiger partial charge in [0.2, 0.25) is 5.91 Å². The molecule has 6 nitrogen and oxygen atoms in total. The molecule has 0 saturated heterocycles. The minimum Gasteiger partial charge on any atom is -0.496 e. The average Bonchev–Trinajstić information content (AvgIpc) is 2.73. The van der Waals surface area contributed by atoms with Crippen molar-refractivity contribution in [2.75, 3.05) is 25.3 Å². The number of hydrogen-bond donors (Lipinski definition) is 1. The van der Waals surface area contributed by atoms with Crippen molar-refractivity contribution in [1.82, 2.24) is 10.2 Å². The number of rotatable bonds is 7. The summed E-state index contributed by atoms with van der Waals surface area (Å²) in [6.45, 7) is 0. The number of anilines is 1. The second-order valence-corrected chi connectivity index (χ2v) is 6.49. The molecule has 138 valence electrons. The zero-order chi connectivity index (χ0) is 19.1. The van der Waals surface area contributed by atoms with E-state index in [0.717, 1.165) is 17.0 Å². The lowest BCUT2D eigenvalue weighted by Gasteiger charge is -2.09. The lowest BCUT2D eigenvalue weighted by atomic mass is 10.1. The summed E-state index contributed by atoms with van der Waals surface area (Å²) < 4.78 is 10.6. The lowest BCUT2D eigenvalue weighted by molar-refractivity contribution is -0.113. The Hall–Kier alpha value is -3.06. The van der Waals surface area contributed by atoms with E-state index in [4.69, 9.17) is 9.47 Å². The van der Waals surface area contributed by atoms with Gasteiger partial charge in [0.1, 0.15) is 16.5 Å². The van der Waals surface area contributed by atoms with Crippen LogP contribution in [0.2, 0.25) is 0 Å². The van der Waals surface area contributed by atoms with Crippen molar-refractivity contribution in [2.24, 2.45) is 0 Å². The maximum atomic E-state index is 12.2. The molecule has 0 saturated carbocycles. The molecule has 0 aliphatic rings. The van der Waals surface area contributed by atoms with Crippen molar-refractivity contribution in [3.8, 4) is 22.8 Å². The van der Waals surface area contributed by atoms with Crippen LogP contribution in [0.5, 0.6) is 11.5 Å². The van der Waals surface area contributed by atoms with Crippen molar-refractivity contribution in [3.05, 3.63) is 60.7 Å². The molecule has 0 bridgehead atoms. The number of amides is 1. The summed E-state index contributed by atoms with van der Waals surface area (Å²) in [6.07, 6.45) is 0. The zero-order valence-corrected chi connectivity index (χ0v) is 15.8. The van der Waals surface area contributed by atoms with Gasteiger partial charge in [-0.1, -0.05) is 36.0 Å². The van der Waals surface area contributed by atoms with Gasteiger partial charge in [0.15, 0.2) is 0 Å². The van der Waals surface area contributed by atoms with Crippen LogP contribution < -0.4 is 14.8 Å². The normalized spacial score (nSPS) is 10.3. The van der Waals surface area contributed by atoms with E-state index in [1.54, 1.807) is 26.4 Å². The highest BCUT2D eigenvalue weighted by Gasteiger charge is 2.10. The average molecular weight is 381 g/mol. The van der Waals surface area contributed by atoms with Gasteiger partial charge in [-0.15, -0.1) is 10.2 Å². The monoisotopic (exact) mass is 381 g/mol. The Bertz CT molecular complexity index is 916. The molecule has 1 aromatic heterocycles. The van der Waals surface area contributed by atoms with E-state index in [1.165, 1.54) is 11.8 Å². The smallest absolute Gasteiger partial charge is 0.234 e. The zero-order valence-electron chi connectivity index (χ0n) is 15.0. The van der Waals surface area contributed by atoms with Crippen LogP contribution in [0, 0.1) is 0 Å². The first-order chi connectivity index (χ1) is 13.2. The third-order valence-electron chi connectivity index (χ3n) is 3.76. The Kier molecular flexibility index (Phi) is 6.27. The molecule has 0 fully saturated rings. The molecule has 1 N–H and O–H groups in total. The van der Waals surface area contributed by atoms with Gasteiger partial charge in [-0.25, -0.2) is 0 Å². The highest BCUT2D eigenvalue weighted by atomic mass is 32.2. The molecule has 2 aromatic carbocycles. The van der Waals surface area contributed by atoms with Crippen LogP contribution in [-0.4, -0.2) is 36.1 Å². The Morgan fingerprint density at radius 2 is 1.63 bits per heavy atom. The van der Waals surface area contributed by atoms with E-state index < -0.39 is 0 Å². The fourth-order valence-electron chi connectivity index (χ4n) is 2.47. The van der Waals surface area contributed by atoms with E-state index >= 15 is 0 Å². The first-order valence-electron chi connectivity index (χ1n) is 8.24. The van der Waals surface area contributed by atoms with Crippen molar-refractivity contribution in [3.63, 3.8) is 0 Å². The number of benzene rings is 2. The van der Waals surface area contributed by atoms with Crippen LogP contribution in [0.25, 0.3) is 11.3 Å². The van der Waals surface area contributed by atoms with Gasteiger partial charge in [-0.05, 0) is 36.4 Å². The molecule has 27 heavy (non-hydrogen) atoms. The molecule has 3 aromatic rings. The second-order valence-electron chi connectivity index (χ2n) is 5.49. The maximum absolute atomic E-state index is 12.2. The van der Waals surface area contributed by atoms with Gasteiger partial charge in [-0.2, -0.15) is 0 Å². The predicted molar refractivity (Wildman–Crippen MR) is 106 cm³/mol. The first-order valence-corrected chi connectivity index (χ1v) is 9.22. The van der Waals surface area contributed by atoms with Gasteiger partial charge in [-0.3, -0.25) is 4.79 Å². The molecule has 0 spiro atoms. The van der Waals surface area contributed by atoms with Crippen molar-refractivity contribution in [1.29, 1.82) is 0 Å². The molecule has 7 heteroatoms. The van der Waals surface area contributed by atoms with E-state index in [1.807, 2.05) is 48.5 Å². The van der Waals surface area contributed by atoms with E-state index in [-0.39, 0.29) is 11.7 Å². The van der Waals surface area contributed by atoms with Crippen LogP contribution in [0.4, 0.5) is 5.69 Å². The molecule has 1 amide bonds. The lowest BCUT2D eigenvalue weighted by Crippen LogP contribution is -2.14. The van der Waals surface area contributed by atoms with Crippen molar-refractivity contribution in [2.45, 2.75) is 5.03 Å². The molecular formula is C20H19N3O3S. The quantitative estimate of drug-likeness (QED) is 0.626. The number of nitrogens with zero attached hydrogens (tertiary/aromatic N) is 2. The van der Waals surface area contributed by atoms with E-state index in [9.17, 15) is 4.79 Å². The highest BCUT2D eigenvalue weighted by molar-refractivity contribution is 7.99. The van der Waals surface area contributed by atoms with Crippen LogP contribution in [0.3, 0.4) is 0 Å². The van der Waals surface area contributed by atoms with Crippen LogP contribution in [-0.2, 0) is 4.79 Å². The number of methoxy groups -OCH3 is 2. The Morgan fingerprint density at radius 3 is 2.33 bits per heavy atom. The number of carbonyl (C=O) groups excluding carboxylic acids is 1. The van der Waals surface area contributed by atoms with Gasteiger partial charge in [0.05, 0.1) is 31.4 Å². The van der Waals surface area contributed by atoms with Gasteiger partial charge in [0, 0.05) is 5.56 Å². The largest absolute Gasteiger partial charge is 0.496 e. The summed E-state index contributed by atoms with van der Waals surface area (Å²) in [7, 11) is 3.19. The number of para-hydroxylation sites is 3. The van der Waals surface area contributed by atoms with Gasteiger partial charge in [0.25, 0.3) is 0 Å². The molecule has 0 aliphatic carbocycles. The number of thioether (sulfide) groups is 1. The summed E-state index contributed by atoms with van der Waals surface area (Å²) >= 11 is 1.32. The van der Waals surface area contributed by atoms with Crippen molar-refractivity contribution < 1.29 is 14.3 Å². The SMILES string of the molecule is COc1ccccc1NC(=O)CSc1ccc(-c2ccccc2OC)nn1. The van der Waals surface area contributed by atoms with Crippen LogP contribution >= 0.6 is 11.8 Å². The summed E-state index contributed by atoms with van der Waals surface area (Å²) in [6, 6.07) is 18.6. The summed E-state index contributed by atoms with van der Waals surface area (Å²) in [5, 5.41) is 11.9. The predicted octanol–water partition coefficient (Wildman–Crippen LogP) is 3.89. The minimum absolute atomic E-state index is 0.139. The number of carbonyl (C=O) groups is 1. The molecule has 0 unspecified atom stereocenters. The third-order valence-corrected chi connectivity index (χ3v) is 4.68. The van der Waals surface area contributed by atoms with Gasteiger partial charge >= 0.3 is 0 Å². The van der Waals surface area contributed by atoms with Crippen LogP contribution in [0.15, 0.2) is 65.7 Å². The molecule has 1 heterocycles. The number of hydrogen-bond acceptors (Lipinski definition) is 6. The number of nitrogens with one attached hydrogen (secondary N) is 1. The van der Waals surface area contributed by atoms with Gasteiger partial charge < -0.3 is 14.8 Å². The van der Waals surface area contributed by atoms with Crippen LogP contribution in [0.1, 0.15) is 0 Å². The number of aromatic nitrogens is 2. The number of ether oxygens (including phenoxy) is 2. The summed E-state index contributed by atoms with van der Waals surface area (Å²) in [5.74, 6) is 1.45. The summed E-state index contributed by atoms with van der Waals surface area (Å²) in [5.41, 5.74) is 2.23. The molecular weight excluding hydrogens is 362 g/mol. The Morgan fingerprint density at radius 1 is 0.926 bits per heavy atom. The van der Waals surface area contributed by atoms with E-state index in [0.29, 0.717) is 16.5 Å². The molecule has 0 radical (unpaired) electrons. The first kappa shape index (κ1) is 18.7. The topological polar surface area (TPSA) is 73.3 Å². The third kappa shape index (κ3) is 4.77. The standard InChI is InChI=1S/C20H19N3O3S/c1-25-17-9-5-3-7-14(17)15-11-12-20(23-22-15)27-13-19(24)21-16-8-4-6-10-18(16)26-2/h3-12H,13H2,1-2H3,(H,21,24). The Labute approximate surface area is 161 Å². The molecule has 0 atom stereocenters. The molecule has 3 rings (SSSR count). The Balaban J connectivity index is 1.61. The fourth-order valence-corrected chi connectivity index (χ4v) is 3.08. The fraction of sp³-hybridized carbons (Fsp3) is 0.150. The highest BCUT2D eigenvalue weighted by Crippen LogP contribution is 2.28. The molecule has 0 aliphatic heterocycles. The van der Waals surface area contributed by atoms with Crippen molar-refractivity contribution >= 4 is 23.4 Å². The maximum Gasteiger partial charge on any atom is 0.234 e. The second kappa shape index (κ2) is 9.05.